The number of nitrogens with zero attached hydrogens (tertiary/aromatic N) is 1. The number of benzene rings is 1. The van der Waals surface area contributed by atoms with E-state index in [1.807, 2.05) is 18.2 Å². The van der Waals surface area contributed by atoms with Crippen LogP contribution in [0.1, 0.15) is 6.92 Å². The van der Waals surface area contributed by atoms with Gasteiger partial charge in [-0.1, -0.05) is 12.2 Å². The highest BCUT2D eigenvalue weighted by Gasteiger charge is 2.13. The van der Waals surface area contributed by atoms with Crippen LogP contribution in [0.4, 0.5) is 5.69 Å². The highest BCUT2D eigenvalue weighted by molar-refractivity contribution is 7.80. The third-order valence-electron chi connectivity index (χ3n) is 2.39. The number of hydrogen-bond acceptors (Lipinski definition) is 4. The Kier molecular flexibility index (Phi) is 3.74. The summed E-state index contributed by atoms with van der Waals surface area (Å²) in [6, 6.07) is 5.61. The SMILES string of the molecule is CC(=S)N(CC(=O)O)c1ccc2[nH]c(=S)sc2c1. The molecule has 4 nitrogen and oxygen atoms in total. The molecule has 18 heavy (non-hydrogen) atoms. The molecule has 0 saturated carbocycles. The number of thiazole rings is 1. The Morgan fingerprint density at radius 3 is 2.89 bits per heavy atom. The maximum Gasteiger partial charge on any atom is 0.323 e. The fraction of sp³-hybridized carbons (Fsp3) is 0.182. The quantitative estimate of drug-likeness (QED) is 0.852. The van der Waals surface area contributed by atoms with Crippen LogP contribution in [0.15, 0.2) is 18.2 Å². The monoisotopic (exact) mass is 298 g/mol. The minimum absolute atomic E-state index is 0.142. The molecule has 1 heterocycles. The number of thiocarbonyl (C=S) groups is 1. The molecule has 7 heteroatoms. The van der Waals surface area contributed by atoms with E-state index in [2.05, 4.69) is 4.98 Å². The molecule has 0 amide bonds. The van der Waals surface area contributed by atoms with Gasteiger partial charge in [0, 0.05) is 5.69 Å². The third-order valence-corrected chi connectivity index (χ3v) is 3.81. The van der Waals surface area contributed by atoms with Crippen LogP contribution in [0.25, 0.3) is 10.2 Å². The lowest BCUT2D eigenvalue weighted by atomic mass is 10.2. The maximum absolute atomic E-state index is 10.8. The number of nitrogens with one attached hydrogen (secondary N) is 1. The lowest BCUT2D eigenvalue weighted by Crippen LogP contribution is -2.32. The normalized spacial score (nSPS) is 10.5. The zero-order valence-electron chi connectivity index (χ0n) is 9.47. The predicted octanol–water partition coefficient (Wildman–Crippen LogP) is 3.20. The van der Waals surface area contributed by atoms with Gasteiger partial charge in [-0.3, -0.25) is 4.79 Å². The number of fused-ring (bicyclic) bond motifs is 1. The van der Waals surface area contributed by atoms with Crippen molar-refractivity contribution in [3.63, 3.8) is 0 Å². The van der Waals surface area contributed by atoms with E-state index in [1.165, 1.54) is 11.3 Å². The van der Waals surface area contributed by atoms with E-state index in [0.717, 1.165) is 15.9 Å². The predicted molar refractivity (Wildman–Crippen MR) is 80.3 cm³/mol. The van der Waals surface area contributed by atoms with Gasteiger partial charge in [0.15, 0.2) is 3.95 Å². The molecular formula is C11H10N2O2S3. The number of hydrogen-bond donors (Lipinski definition) is 2. The second kappa shape index (κ2) is 5.13. The second-order valence-corrected chi connectivity index (χ2v) is 6.00. The van der Waals surface area contributed by atoms with Crippen molar-refractivity contribution in [3.8, 4) is 0 Å². The van der Waals surface area contributed by atoms with Crippen molar-refractivity contribution in [2.75, 3.05) is 11.4 Å². The molecule has 94 valence electrons. The standard InChI is InChI=1S/C11H10N2O2S3/c1-6(16)13(5-10(14)15)7-2-3-8-9(4-7)18-11(17)12-8/h2-4H,5H2,1H3,(H,12,17)(H,14,15). The fourth-order valence-electron chi connectivity index (χ4n) is 1.62. The van der Waals surface area contributed by atoms with Gasteiger partial charge in [-0.25, -0.2) is 0 Å². The molecule has 0 unspecified atom stereocenters. The molecular weight excluding hydrogens is 288 g/mol. The summed E-state index contributed by atoms with van der Waals surface area (Å²) in [5.41, 5.74) is 1.72. The zero-order chi connectivity index (χ0) is 13.3. The Balaban J connectivity index is 2.46. The lowest BCUT2D eigenvalue weighted by Gasteiger charge is -2.21. The molecule has 0 fully saturated rings. The highest BCUT2D eigenvalue weighted by Crippen LogP contribution is 2.25. The summed E-state index contributed by atoms with van der Waals surface area (Å²) in [5, 5.41) is 8.89. The first-order valence-electron chi connectivity index (χ1n) is 5.10. The van der Waals surface area contributed by atoms with Gasteiger partial charge in [-0.2, -0.15) is 0 Å². The molecule has 1 aromatic heterocycles. The van der Waals surface area contributed by atoms with Crippen molar-refractivity contribution in [3.05, 3.63) is 22.2 Å². The first kappa shape index (κ1) is 13.1. The zero-order valence-corrected chi connectivity index (χ0v) is 11.9. The van der Waals surface area contributed by atoms with E-state index < -0.39 is 5.97 Å². The van der Waals surface area contributed by atoms with E-state index in [1.54, 1.807) is 11.8 Å². The molecule has 2 N–H and O–H groups in total. The molecule has 2 rings (SSSR count). The Morgan fingerprint density at radius 2 is 2.28 bits per heavy atom. The molecule has 0 bridgehead atoms. The van der Waals surface area contributed by atoms with Gasteiger partial charge >= 0.3 is 5.97 Å². The largest absolute Gasteiger partial charge is 0.480 e. The number of H-pyrrole nitrogens is 1. The van der Waals surface area contributed by atoms with E-state index >= 15 is 0 Å². The maximum atomic E-state index is 10.8. The van der Waals surface area contributed by atoms with Gasteiger partial charge in [0.2, 0.25) is 0 Å². The summed E-state index contributed by atoms with van der Waals surface area (Å²) in [4.78, 5) is 16.0. The number of carbonyl (C=O) groups is 1. The summed E-state index contributed by atoms with van der Waals surface area (Å²) >= 11 is 11.6. The summed E-state index contributed by atoms with van der Waals surface area (Å²) in [5.74, 6) is -0.916. The number of carboxylic acids is 1. The minimum Gasteiger partial charge on any atom is -0.480 e. The number of rotatable bonds is 3. The molecule has 0 aliphatic carbocycles. The highest BCUT2D eigenvalue weighted by atomic mass is 32.1. The van der Waals surface area contributed by atoms with Gasteiger partial charge in [0.1, 0.15) is 6.54 Å². The average Bonchev–Trinajstić information content (AvgIpc) is 2.64. The molecule has 0 saturated heterocycles. The average molecular weight is 298 g/mol. The first-order valence-corrected chi connectivity index (χ1v) is 6.73. The van der Waals surface area contributed by atoms with Crippen molar-refractivity contribution in [2.24, 2.45) is 0 Å². The third kappa shape index (κ3) is 2.74. The number of aliphatic carboxylic acids is 1. The van der Waals surface area contributed by atoms with E-state index in [9.17, 15) is 4.79 Å². The van der Waals surface area contributed by atoms with Crippen LogP contribution >= 0.6 is 35.8 Å². The summed E-state index contributed by atoms with van der Waals surface area (Å²) in [6.45, 7) is 1.57. The van der Waals surface area contributed by atoms with Crippen molar-refractivity contribution < 1.29 is 9.90 Å². The fourth-order valence-corrected chi connectivity index (χ4v) is 2.94. The van der Waals surface area contributed by atoms with E-state index in [-0.39, 0.29) is 6.54 Å². The van der Waals surface area contributed by atoms with Gasteiger partial charge in [0.25, 0.3) is 0 Å². The molecule has 0 atom stereocenters. The summed E-state index contributed by atoms with van der Waals surface area (Å²) in [7, 11) is 0. The van der Waals surface area contributed by atoms with Gasteiger partial charge in [-0.15, -0.1) is 11.3 Å². The Morgan fingerprint density at radius 1 is 1.56 bits per heavy atom. The molecule has 0 aliphatic rings. The minimum atomic E-state index is -0.916. The lowest BCUT2D eigenvalue weighted by molar-refractivity contribution is -0.135. The van der Waals surface area contributed by atoms with Crippen molar-refractivity contribution in [1.82, 2.24) is 4.98 Å². The number of anilines is 1. The van der Waals surface area contributed by atoms with Crippen LogP contribution in [-0.4, -0.2) is 27.6 Å². The van der Waals surface area contributed by atoms with Crippen LogP contribution in [0.3, 0.4) is 0 Å². The summed E-state index contributed by atoms with van der Waals surface area (Å²) < 4.78 is 1.69. The molecule has 0 spiro atoms. The second-order valence-electron chi connectivity index (χ2n) is 3.69. The molecule has 0 radical (unpaired) electrons. The molecule has 2 aromatic rings. The Bertz CT molecular complexity index is 674. The van der Waals surface area contributed by atoms with Gasteiger partial charge in [0.05, 0.1) is 15.2 Å². The molecule has 0 aliphatic heterocycles. The number of aromatic amines is 1. The number of aromatic nitrogens is 1. The van der Waals surface area contributed by atoms with Crippen LogP contribution in [-0.2, 0) is 4.79 Å². The summed E-state index contributed by atoms with van der Waals surface area (Å²) in [6.07, 6.45) is 0. The Labute approximate surface area is 118 Å². The molecule has 1 aromatic carbocycles. The van der Waals surface area contributed by atoms with Crippen molar-refractivity contribution in [2.45, 2.75) is 6.92 Å². The first-order chi connectivity index (χ1) is 8.47. The van der Waals surface area contributed by atoms with Crippen LogP contribution in [0, 0.1) is 3.95 Å². The van der Waals surface area contributed by atoms with Crippen LogP contribution < -0.4 is 4.90 Å². The van der Waals surface area contributed by atoms with Crippen molar-refractivity contribution >= 4 is 62.6 Å². The van der Waals surface area contributed by atoms with Crippen LogP contribution in [0.5, 0.6) is 0 Å². The van der Waals surface area contributed by atoms with E-state index in [4.69, 9.17) is 29.5 Å². The van der Waals surface area contributed by atoms with E-state index in [0.29, 0.717) is 8.94 Å². The topological polar surface area (TPSA) is 56.3 Å². The van der Waals surface area contributed by atoms with Crippen LogP contribution in [0.2, 0.25) is 0 Å². The van der Waals surface area contributed by atoms with Gasteiger partial charge < -0.3 is 15.0 Å². The van der Waals surface area contributed by atoms with Gasteiger partial charge in [-0.05, 0) is 37.3 Å². The van der Waals surface area contributed by atoms with Crippen molar-refractivity contribution in [1.29, 1.82) is 0 Å². The Hall–Kier alpha value is -1.31. The number of carboxylic acid groups (broad SMARTS) is 1. The smallest absolute Gasteiger partial charge is 0.323 e.